The molecule has 1 N–H and O–H groups in total. The Morgan fingerprint density at radius 2 is 2.19 bits per heavy atom. The van der Waals surface area contributed by atoms with Crippen LogP contribution < -0.4 is 9.46 Å². The van der Waals surface area contributed by atoms with Crippen LogP contribution in [0.1, 0.15) is 38.8 Å². The highest BCUT2D eigenvalue weighted by molar-refractivity contribution is 7.90. The van der Waals surface area contributed by atoms with Crippen molar-refractivity contribution in [2.45, 2.75) is 56.9 Å². The SMILES string of the molecule is CC(N[S+]([O-])C(C)(C)C)C1Cc2cc(F)cc(CCl)c2O1. The van der Waals surface area contributed by atoms with Crippen LogP contribution in [0.4, 0.5) is 4.39 Å². The molecule has 21 heavy (non-hydrogen) atoms. The molecule has 0 bridgehead atoms. The van der Waals surface area contributed by atoms with Crippen LogP contribution in [0.3, 0.4) is 0 Å². The number of benzene rings is 1. The lowest BCUT2D eigenvalue weighted by molar-refractivity contribution is 0.196. The van der Waals surface area contributed by atoms with E-state index in [4.69, 9.17) is 16.3 Å². The average molecular weight is 334 g/mol. The summed E-state index contributed by atoms with van der Waals surface area (Å²) in [6, 6.07) is 2.78. The molecule has 2 rings (SSSR count). The number of ether oxygens (including phenoxy) is 1. The molecular formula is C15H21ClFNO2S. The Morgan fingerprint density at radius 3 is 2.76 bits per heavy atom. The number of rotatable bonds is 4. The predicted octanol–water partition coefficient (Wildman–Crippen LogP) is 3.31. The lowest BCUT2D eigenvalue weighted by Crippen LogP contribution is -2.49. The molecular weight excluding hydrogens is 313 g/mol. The van der Waals surface area contributed by atoms with Crippen LogP contribution in [0, 0.1) is 5.82 Å². The van der Waals surface area contributed by atoms with Crippen molar-refractivity contribution in [3.8, 4) is 5.75 Å². The Balaban J connectivity index is 2.09. The third-order valence-corrected chi connectivity index (χ3v) is 5.43. The van der Waals surface area contributed by atoms with Gasteiger partial charge in [-0.25, -0.2) is 4.39 Å². The molecule has 3 nitrogen and oxygen atoms in total. The zero-order chi connectivity index (χ0) is 15.8. The van der Waals surface area contributed by atoms with Gasteiger partial charge in [-0.2, -0.15) is 0 Å². The molecule has 0 aliphatic carbocycles. The van der Waals surface area contributed by atoms with Crippen molar-refractivity contribution in [2.24, 2.45) is 0 Å². The molecule has 3 unspecified atom stereocenters. The summed E-state index contributed by atoms with van der Waals surface area (Å²) >= 11 is 4.67. The van der Waals surface area contributed by atoms with Crippen molar-refractivity contribution < 1.29 is 13.7 Å². The highest BCUT2D eigenvalue weighted by Crippen LogP contribution is 2.35. The zero-order valence-corrected chi connectivity index (χ0v) is 14.3. The molecule has 118 valence electrons. The maximum absolute atomic E-state index is 13.5. The number of hydrogen-bond acceptors (Lipinski definition) is 3. The number of alkyl halides is 1. The lowest BCUT2D eigenvalue weighted by atomic mass is 10.0. The molecule has 1 heterocycles. The fraction of sp³-hybridized carbons (Fsp3) is 0.600. The van der Waals surface area contributed by atoms with Gasteiger partial charge in [0.1, 0.15) is 22.4 Å². The Labute approximate surface area is 133 Å². The number of fused-ring (bicyclic) bond motifs is 1. The molecule has 0 amide bonds. The lowest BCUT2D eigenvalue weighted by Gasteiger charge is -2.28. The van der Waals surface area contributed by atoms with Gasteiger partial charge in [-0.1, -0.05) is 0 Å². The molecule has 0 aromatic heterocycles. The van der Waals surface area contributed by atoms with Crippen molar-refractivity contribution in [2.75, 3.05) is 0 Å². The van der Waals surface area contributed by atoms with Crippen LogP contribution in [-0.4, -0.2) is 21.4 Å². The van der Waals surface area contributed by atoms with Gasteiger partial charge in [-0.3, -0.25) is 0 Å². The first-order valence-electron chi connectivity index (χ1n) is 6.94. The first-order chi connectivity index (χ1) is 9.72. The second-order valence-electron chi connectivity index (χ2n) is 6.33. The van der Waals surface area contributed by atoms with E-state index in [9.17, 15) is 8.94 Å². The second-order valence-corrected chi connectivity index (χ2v) is 8.60. The Bertz CT molecular complexity index is 521. The van der Waals surface area contributed by atoms with Crippen molar-refractivity contribution in [1.29, 1.82) is 0 Å². The minimum atomic E-state index is -1.17. The number of hydrogen-bond donors (Lipinski definition) is 1. The third-order valence-electron chi connectivity index (χ3n) is 3.45. The van der Waals surface area contributed by atoms with E-state index >= 15 is 0 Å². The molecule has 1 aliphatic heterocycles. The average Bonchev–Trinajstić information content (AvgIpc) is 2.80. The first kappa shape index (κ1) is 16.9. The Hall–Kier alpha value is -0.490. The standard InChI is InChI=1S/C15H21ClFNO2S/c1-9(18-21(19)15(2,3)4)13-7-10-5-12(17)6-11(8-16)14(10)20-13/h5-6,9,13,18H,7-8H2,1-4H3. The fourth-order valence-electron chi connectivity index (χ4n) is 2.22. The van der Waals surface area contributed by atoms with Crippen LogP contribution in [0.2, 0.25) is 0 Å². The molecule has 1 aliphatic rings. The van der Waals surface area contributed by atoms with Crippen molar-refractivity contribution in [1.82, 2.24) is 4.72 Å². The van der Waals surface area contributed by atoms with E-state index < -0.39 is 11.4 Å². The molecule has 0 spiro atoms. The minimum Gasteiger partial charge on any atom is -0.598 e. The highest BCUT2D eigenvalue weighted by Gasteiger charge is 2.35. The predicted molar refractivity (Wildman–Crippen MR) is 84.6 cm³/mol. The van der Waals surface area contributed by atoms with Crippen LogP contribution >= 0.6 is 11.6 Å². The normalized spacial score (nSPS) is 20.8. The van der Waals surface area contributed by atoms with Crippen molar-refractivity contribution in [3.63, 3.8) is 0 Å². The summed E-state index contributed by atoms with van der Waals surface area (Å²) in [5.41, 5.74) is 1.49. The van der Waals surface area contributed by atoms with E-state index in [-0.39, 0.29) is 28.6 Å². The molecule has 6 heteroatoms. The Kier molecular flexibility index (Phi) is 5.08. The molecule has 0 fully saturated rings. The van der Waals surface area contributed by atoms with Gasteiger partial charge in [0, 0.05) is 28.9 Å². The summed E-state index contributed by atoms with van der Waals surface area (Å²) in [6.07, 6.45) is 0.419. The van der Waals surface area contributed by atoms with E-state index in [1.165, 1.54) is 12.1 Å². The summed E-state index contributed by atoms with van der Waals surface area (Å²) in [5, 5.41) is 0. The van der Waals surface area contributed by atoms with Crippen molar-refractivity contribution in [3.05, 3.63) is 29.1 Å². The van der Waals surface area contributed by atoms with Gasteiger partial charge < -0.3 is 9.29 Å². The van der Waals surface area contributed by atoms with E-state index in [0.717, 1.165) is 5.56 Å². The first-order valence-corrected chi connectivity index (χ1v) is 8.62. The quantitative estimate of drug-likeness (QED) is 0.679. The molecule has 3 atom stereocenters. The summed E-state index contributed by atoms with van der Waals surface area (Å²) in [5.74, 6) is 0.585. The van der Waals surface area contributed by atoms with Gasteiger partial charge in [0.25, 0.3) is 0 Å². The smallest absolute Gasteiger partial charge is 0.136 e. The monoisotopic (exact) mass is 333 g/mol. The maximum atomic E-state index is 13.5. The van der Waals surface area contributed by atoms with Gasteiger partial charge in [0.2, 0.25) is 0 Å². The van der Waals surface area contributed by atoms with Gasteiger partial charge >= 0.3 is 0 Å². The molecule has 0 saturated carbocycles. The molecule has 0 saturated heterocycles. The van der Waals surface area contributed by atoms with Crippen LogP contribution in [-0.2, 0) is 23.7 Å². The Morgan fingerprint density at radius 1 is 1.52 bits per heavy atom. The summed E-state index contributed by atoms with van der Waals surface area (Å²) in [6.45, 7) is 7.66. The van der Waals surface area contributed by atoms with Crippen molar-refractivity contribution >= 4 is 23.0 Å². The maximum Gasteiger partial charge on any atom is 0.136 e. The number of halogens is 2. The summed E-state index contributed by atoms with van der Waals surface area (Å²) in [7, 11) is 0. The van der Waals surface area contributed by atoms with E-state index in [2.05, 4.69) is 4.72 Å². The molecule has 1 aromatic carbocycles. The second kappa shape index (κ2) is 6.32. The largest absolute Gasteiger partial charge is 0.598 e. The summed E-state index contributed by atoms with van der Waals surface area (Å²) in [4.78, 5) is 0. The van der Waals surface area contributed by atoms with E-state index in [0.29, 0.717) is 17.7 Å². The van der Waals surface area contributed by atoms with Gasteiger partial charge in [0.05, 0.1) is 11.9 Å². The third kappa shape index (κ3) is 3.83. The number of nitrogens with one attached hydrogen (secondary N) is 1. The van der Waals surface area contributed by atoms with E-state index in [1.54, 1.807) is 0 Å². The minimum absolute atomic E-state index is 0.108. The topological polar surface area (TPSA) is 44.3 Å². The van der Waals surface area contributed by atoms with E-state index in [1.807, 2.05) is 27.7 Å². The zero-order valence-electron chi connectivity index (χ0n) is 12.7. The van der Waals surface area contributed by atoms with Gasteiger partial charge in [0.15, 0.2) is 0 Å². The van der Waals surface area contributed by atoms with Crippen LogP contribution in [0.5, 0.6) is 5.75 Å². The fourth-order valence-corrected chi connectivity index (χ4v) is 3.27. The van der Waals surface area contributed by atoms with Crippen LogP contribution in [0.25, 0.3) is 0 Å². The van der Waals surface area contributed by atoms with Gasteiger partial charge in [-0.05, 0) is 39.8 Å². The van der Waals surface area contributed by atoms with Crippen LogP contribution in [0.15, 0.2) is 12.1 Å². The summed E-state index contributed by atoms with van der Waals surface area (Å²) < 4.78 is 34.3. The highest BCUT2D eigenvalue weighted by atomic mass is 35.5. The molecule has 1 aromatic rings. The molecule has 0 radical (unpaired) electrons. The van der Waals surface area contributed by atoms with Gasteiger partial charge in [-0.15, -0.1) is 16.3 Å².